The molecule has 5 heteroatoms. The predicted octanol–water partition coefficient (Wildman–Crippen LogP) is 1.22. The molecule has 0 saturated heterocycles. The number of anilines is 1. The summed E-state index contributed by atoms with van der Waals surface area (Å²) in [7, 11) is 0. The Morgan fingerprint density at radius 3 is 2.62 bits per heavy atom. The van der Waals surface area contributed by atoms with Crippen LogP contribution < -0.4 is 16.4 Å². The molecule has 4 nitrogen and oxygen atoms in total. The van der Waals surface area contributed by atoms with Gasteiger partial charge in [0.15, 0.2) is 0 Å². The van der Waals surface area contributed by atoms with E-state index in [9.17, 15) is 4.79 Å². The minimum Gasteiger partial charge on any atom is -0.368 e. The third-order valence-corrected chi connectivity index (χ3v) is 2.95. The SMILES string of the molecule is CCN(CC(N)=O)c1ccc(CN)cc1Br. The fourth-order valence-electron chi connectivity index (χ4n) is 1.49. The smallest absolute Gasteiger partial charge is 0.236 e. The van der Waals surface area contributed by atoms with Gasteiger partial charge in [0.2, 0.25) is 5.91 Å². The van der Waals surface area contributed by atoms with Gasteiger partial charge in [-0.15, -0.1) is 0 Å². The lowest BCUT2D eigenvalue weighted by molar-refractivity contribution is -0.116. The van der Waals surface area contributed by atoms with Crippen molar-refractivity contribution in [2.24, 2.45) is 11.5 Å². The predicted molar refractivity (Wildman–Crippen MR) is 69.1 cm³/mol. The lowest BCUT2D eigenvalue weighted by Gasteiger charge is -2.23. The number of amides is 1. The Morgan fingerprint density at radius 1 is 1.50 bits per heavy atom. The number of benzene rings is 1. The Balaban J connectivity index is 2.96. The van der Waals surface area contributed by atoms with Crippen molar-refractivity contribution in [1.82, 2.24) is 0 Å². The zero-order chi connectivity index (χ0) is 12.1. The fraction of sp³-hybridized carbons (Fsp3) is 0.364. The lowest BCUT2D eigenvalue weighted by Crippen LogP contribution is -2.33. The van der Waals surface area contributed by atoms with Crippen molar-refractivity contribution < 1.29 is 4.79 Å². The van der Waals surface area contributed by atoms with Crippen LogP contribution in [0.5, 0.6) is 0 Å². The molecule has 1 rings (SSSR count). The molecule has 0 saturated carbocycles. The molecule has 0 aliphatic heterocycles. The van der Waals surface area contributed by atoms with Crippen molar-refractivity contribution in [3.05, 3.63) is 28.2 Å². The van der Waals surface area contributed by atoms with Gasteiger partial charge in [-0.2, -0.15) is 0 Å². The van der Waals surface area contributed by atoms with E-state index in [4.69, 9.17) is 11.5 Å². The highest BCUT2D eigenvalue weighted by atomic mass is 79.9. The third-order valence-electron chi connectivity index (χ3n) is 2.32. The molecule has 0 aliphatic carbocycles. The molecule has 1 aromatic carbocycles. The van der Waals surface area contributed by atoms with Crippen LogP contribution in [0.25, 0.3) is 0 Å². The summed E-state index contributed by atoms with van der Waals surface area (Å²) in [5, 5.41) is 0. The molecular formula is C11H16BrN3O. The number of nitrogens with zero attached hydrogens (tertiary/aromatic N) is 1. The summed E-state index contributed by atoms with van der Waals surface area (Å²) in [5.41, 5.74) is 12.8. The van der Waals surface area contributed by atoms with E-state index in [2.05, 4.69) is 15.9 Å². The fourth-order valence-corrected chi connectivity index (χ4v) is 2.17. The maximum atomic E-state index is 10.9. The monoisotopic (exact) mass is 285 g/mol. The van der Waals surface area contributed by atoms with E-state index in [-0.39, 0.29) is 12.5 Å². The first-order valence-electron chi connectivity index (χ1n) is 5.10. The zero-order valence-corrected chi connectivity index (χ0v) is 10.8. The maximum absolute atomic E-state index is 10.9. The van der Waals surface area contributed by atoms with Crippen molar-refractivity contribution in [2.75, 3.05) is 18.0 Å². The van der Waals surface area contributed by atoms with Gasteiger partial charge in [0.1, 0.15) is 0 Å². The van der Waals surface area contributed by atoms with Gasteiger partial charge in [-0.1, -0.05) is 6.07 Å². The molecule has 1 aromatic rings. The van der Waals surface area contributed by atoms with Crippen LogP contribution >= 0.6 is 15.9 Å². The number of halogens is 1. The van der Waals surface area contributed by atoms with E-state index in [1.165, 1.54) is 0 Å². The largest absolute Gasteiger partial charge is 0.368 e. The van der Waals surface area contributed by atoms with Crippen molar-refractivity contribution >= 4 is 27.5 Å². The molecule has 0 unspecified atom stereocenters. The molecule has 0 atom stereocenters. The number of hydrogen-bond donors (Lipinski definition) is 2. The first-order chi connectivity index (χ1) is 7.58. The quantitative estimate of drug-likeness (QED) is 0.854. The average Bonchev–Trinajstić information content (AvgIpc) is 2.25. The van der Waals surface area contributed by atoms with Crippen LogP contribution in [0, 0.1) is 0 Å². The molecule has 0 bridgehead atoms. The molecule has 16 heavy (non-hydrogen) atoms. The number of likely N-dealkylation sites (N-methyl/N-ethyl adjacent to an activating group) is 1. The number of primary amides is 1. The minimum absolute atomic E-state index is 0.219. The second kappa shape index (κ2) is 5.86. The van der Waals surface area contributed by atoms with Crippen LogP contribution in [-0.4, -0.2) is 19.0 Å². The Hall–Kier alpha value is -1.07. The van der Waals surface area contributed by atoms with Crippen LogP contribution in [0.3, 0.4) is 0 Å². The van der Waals surface area contributed by atoms with Gasteiger partial charge < -0.3 is 16.4 Å². The summed E-state index contributed by atoms with van der Waals surface area (Å²) in [6, 6.07) is 5.85. The molecular weight excluding hydrogens is 270 g/mol. The Morgan fingerprint density at radius 2 is 2.19 bits per heavy atom. The van der Waals surface area contributed by atoms with Gasteiger partial charge in [-0.25, -0.2) is 0 Å². The summed E-state index contributed by atoms with van der Waals surface area (Å²) in [6.07, 6.45) is 0. The molecule has 0 fully saturated rings. The summed E-state index contributed by atoms with van der Waals surface area (Å²) < 4.78 is 0.929. The van der Waals surface area contributed by atoms with Gasteiger partial charge >= 0.3 is 0 Å². The van der Waals surface area contributed by atoms with Gasteiger partial charge in [0.05, 0.1) is 12.2 Å². The van der Waals surface area contributed by atoms with Crippen LogP contribution in [0.15, 0.2) is 22.7 Å². The van der Waals surface area contributed by atoms with Crippen LogP contribution in [0.2, 0.25) is 0 Å². The number of rotatable bonds is 5. The van der Waals surface area contributed by atoms with E-state index in [0.717, 1.165) is 22.3 Å². The lowest BCUT2D eigenvalue weighted by atomic mass is 10.2. The Labute approximate surface area is 104 Å². The molecule has 0 spiro atoms. The van der Waals surface area contributed by atoms with Crippen LogP contribution in [0.4, 0.5) is 5.69 Å². The van der Waals surface area contributed by atoms with E-state index in [1.54, 1.807) is 0 Å². The number of hydrogen-bond acceptors (Lipinski definition) is 3. The first-order valence-corrected chi connectivity index (χ1v) is 5.89. The van der Waals surface area contributed by atoms with E-state index < -0.39 is 0 Å². The highest BCUT2D eigenvalue weighted by Gasteiger charge is 2.10. The summed E-state index contributed by atoms with van der Waals surface area (Å²) in [4.78, 5) is 12.8. The summed E-state index contributed by atoms with van der Waals surface area (Å²) in [5.74, 6) is -0.336. The zero-order valence-electron chi connectivity index (χ0n) is 9.24. The normalized spacial score (nSPS) is 10.2. The number of nitrogens with two attached hydrogens (primary N) is 2. The van der Waals surface area contributed by atoms with Gasteiger partial charge in [-0.05, 0) is 40.5 Å². The van der Waals surface area contributed by atoms with Crippen molar-refractivity contribution in [1.29, 1.82) is 0 Å². The average molecular weight is 286 g/mol. The topological polar surface area (TPSA) is 72.3 Å². The van der Waals surface area contributed by atoms with E-state index in [0.29, 0.717) is 6.54 Å². The van der Waals surface area contributed by atoms with Gasteiger partial charge in [-0.3, -0.25) is 4.79 Å². The van der Waals surface area contributed by atoms with E-state index in [1.807, 2.05) is 30.0 Å². The second-order valence-corrected chi connectivity index (χ2v) is 4.32. The van der Waals surface area contributed by atoms with Crippen LogP contribution in [-0.2, 0) is 11.3 Å². The molecule has 1 amide bonds. The summed E-state index contributed by atoms with van der Waals surface area (Å²) >= 11 is 3.47. The van der Waals surface area contributed by atoms with E-state index >= 15 is 0 Å². The van der Waals surface area contributed by atoms with Gasteiger partial charge in [0, 0.05) is 17.6 Å². The first kappa shape index (κ1) is 13.0. The Bertz CT molecular complexity index is 381. The molecule has 0 radical (unpaired) electrons. The molecule has 88 valence electrons. The molecule has 0 aliphatic rings. The van der Waals surface area contributed by atoms with Crippen molar-refractivity contribution in [3.8, 4) is 0 Å². The standard InChI is InChI=1S/C11H16BrN3O/c1-2-15(7-11(14)16)10-4-3-8(6-13)5-9(10)12/h3-5H,2,6-7,13H2,1H3,(H2,14,16). The highest BCUT2D eigenvalue weighted by Crippen LogP contribution is 2.27. The summed E-state index contributed by atoms with van der Waals surface area (Å²) in [6.45, 7) is 3.42. The van der Waals surface area contributed by atoms with Crippen LogP contribution in [0.1, 0.15) is 12.5 Å². The second-order valence-electron chi connectivity index (χ2n) is 3.47. The molecule has 0 aromatic heterocycles. The minimum atomic E-state index is -0.336. The van der Waals surface area contributed by atoms with Crippen molar-refractivity contribution in [2.45, 2.75) is 13.5 Å². The highest BCUT2D eigenvalue weighted by molar-refractivity contribution is 9.10. The van der Waals surface area contributed by atoms with Crippen molar-refractivity contribution in [3.63, 3.8) is 0 Å². The Kier molecular flexibility index (Phi) is 4.76. The third kappa shape index (κ3) is 3.21. The number of carbonyl (C=O) groups excluding carboxylic acids is 1. The molecule has 4 N–H and O–H groups in total. The number of carbonyl (C=O) groups is 1. The maximum Gasteiger partial charge on any atom is 0.236 e. The molecule has 0 heterocycles. The van der Waals surface area contributed by atoms with Gasteiger partial charge in [0.25, 0.3) is 0 Å².